The first-order valence-electron chi connectivity index (χ1n) is 6.29. The maximum atomic E-state index is 11.9. The fourth-order valence-electron chi connectivity index (χ4n) is 1.79. The van der Waals surface area contributed by atoms with E-state index in [-0.39, 0.29) is 11.9 Å². The Balaban J connectivity index is 2.09. The van der Waals surface area contributed by atoms with Crippen LogP contribution in [0.15, 0.2) is 23.1 Å². The number of carbonyl (C=O) groups excluding carboxylic acids is 1. The molecule has 2 N–H and O–H groups in total. The highest BCUT2D eigenvalue weighted by Crippen LogP contribution is 2.27. The lowest BCUT2D eigenvalue weighted by molar-refractivity contribution is -0.121. The molecule has 0 aliphatic heterocycles. The lowest BCUT2D eigenvalue weighted by Gasteiger charge is -2.17. The first kappa shape index (κ1) is 13.8. The summed E-state index contributed by atoms with van der Waals surface area (Å²) in [6, 6.07) is 7.83. The van der Waals surface area contributed by atoms with Gasteiger partial charge in [-0.05, 0) is 38.2 Å². The van der Waals surface area contributed by atoms with Crippen molar-refractivity contribution >= 4 is 23.4 Å². The predicted octanol–water partition coefficient (Wildman–Crippen LogP) is 2.36. The number of amides is 1. The third kappa shape index (κ3) is 3.42. The van der Waals surface area contributed by atoms with Crippen molar-refractivity contribution in [2.45, 2.75) is 36.7 Å². The third-order valence-electron chi connectivity index (χ3n) is 3.05. The Morgan fingerprint density at radius 3 is 2.84 bits per heavy atom. The Morgan fingerprint density at radius 2 is 2.26 bits per heavy atom. The normalized spacial score (nSPS) is 15.4. The monoisotopic (exact) mass is 275 g/mol. The molecule has 0 aromatic heterocycles. The average Bonchev–Trinajstić information content (AvgIpc) is 3.22. The molecule has 1 aromatic carbocycles. The van der Waals surface area contributed by atoms with Crippen molar-refractivity contribution in [3.05, 3.63) is 23.8 Å². The maximum absolute atomic E-state index is 11.9. The summed E-state index contributed by atoms with van der Waals surface area (Å²) in [4.78, 5) is 12.8. The summed E-state index contributed by atoms with van der Waals surface area (Å²) in [6.07, 6.45) is 4.08. The number of hydrogen-bond donors (Lipinski definition) is 2. The zero-order valence-corrected chi connectivity index (χ0v) is 11.9. The van der Waals surface area contributed by atoms with E-state index in [9.17, 15) is 10.1 Å². The van der Waals surface area contributed by atoms with E-state index in [0.717, 1.165) is 17.7 Å². The summed E-state index contributed by atoms with van der Waals surface area (Å²) in [5.74, 6) is -0.0130. The SMILES string of the molecule is CSc1cccc(NC(C)C(=O)NC2CC2)c1C#N. The Labute approximate surface area is 117 Å². The van der Waals surface area contributed by atoms with Crippen molar-refractivity contribution < 1.29 is 4.79 Å². The van der Waals surface area contributed by atoms with Gasteiger partial charge in [-0.25, -0.2) is 0 Å². The molecule has 1 atom stereocenters. The number of nitrogens with zero attached hydrogens (tertiary/aromatic N) is 1. The highest BCUT2D eigenvalue weighted by Gasteiger charge is 2.25. The molecule has 4 nitrogen and oxygen atoms in total. The van der Waals surface area contributed by atoms with Gasteiger partial charge in [0.15, 0.2) is 0 Å². The second kappa shape index (κ2) is 5.98. The van der Waals surface area contributed by atoms with Crippen LogP contribution in [-0.4, -0.2) is 24.2 Å². The number of thioether (sulfide) groups is 1. The third-order valence-corrected chi connectivity index (χ3v) is 3.83. The molecule has 5 heteroatoms. The Hall–Kier alpha value is -1.67. The van der Waals surface area contributed by atoms with Gasteiger partial charge in [0, 0.05) is 10.9 Å². The van der Waals surface area contributed by atoms with E-state index >= 15 is 0 Å². The van der Waals surface area contributed by atoms with E-state index in [1.165, 1.54) is 11.8 Å². The van der Waals surface area contributed by atoms with Gasteiger partial charge in [-0.3, -0.25) is 4.79 Å². The second-order valence-corrected chi connectivity index (χ2v) is 5.49. The molecule has 1 aliphatic carbocycles. The molecule has 0 heterocycles. The van der Waals surface area contributed by atoms with E-state index < -0.39 is 0 Å². The number of nitrogens with one attached hydrogen (secondary N) is 2. The summed E-state index contributed by atoms with van der Waals surface area (Å²) in [5.41, 5.74) is 1.31. The number of nitriles is 1. The van der Waals surface area contributed by atoms with Crippen LogP contribution in [0.5, 0.6) is 0 Å². The van der Waals surface area contributed by atoms with Crippen molar-refractivity contribution in [1.29, 1.82) is 5.26 Å². The molecule has 1 amide bonds. The Morgan fingerprint density at radius 1 is 1.53 bits per heavy atom. The molecule has 0 radical (unpaired) electrons. The van der Waals surface area contributed by atoms with E-state index in [0.29, 0.717) is 17.3 Å². The molecule has 19 heavy (non-hydrogen) atoms. The molecule has 100 valence electrons. The highest BCUT2D eigenvalue weighted by atomic mass is 32.2. The van der Waals surface area contributed by atoms with Gasteiger partial charge in [-0.1, -0.05) is 6.07 Å². The van der Waals surface area contributed by atoms with E-state index in [1.807, 2.05) is 31.4 Å². The minimum absolute atomic E-state index is 0.0130. The number of benzene rings is 1. The van der Waals surface area contributed by atoms with Gasteiger partial charge >= 0.3 is 0 Å². The first-order valence-corrected chi connectivity index (χ1v) is 7.52. The maximum Gasteiger partial charge on any atom is 0.242 e. The lowest BCUT2D eigenvalue weighted by Crippen LogP contribution is -2.38. The highest BCUT2D eigenvalue weighted by molar-refractivity contribution is 7.98. The van der Waals surface area contributed by atoms with Gasteiger partial charge in [0.2, 0.25) is 5.91 Å². The number of anilines is 1. The topological polar surface area (TPSA) is 64.9 Å². The molecule has 1 aromatic rings. The minimum Gasteiger partial charge on any atom is -0.373 e. The van der Waals surface area contributed by atoms with Crippen LogP contribution in [0.3, 0.4) is 0 Å². The summed E-state index contributed by atoms with van der Waals surface area (Å²) in [5, 5.41) is 15.3. The van der Waals surface area contributed by atoms with Crippen molar-refractivity contribution in [2.75, 3.05) is 11.6 Å². The number of rotatable bonds is 5. The number of hydrogen-bond acceptors (Lipinski definition) is 4. The van der Waals surface area contributed by atoms with Gasteiger partial charge in [0.1, 0.15) is 12.1 Å². The summed E-state index contributed by atoms with van der Waals surface area (Å²) < 4.78 is 0. The van der Waals surface area contributed by atoms with Crippen LogP contribution in [0.4, 0.5) is 5.69 Å². The van der Waals surface area contributed by atoms with Crippen molar-refractivity contribution in [3.8, 4) is 6.07 Å². The van der Waals surface area contributed by atoms with Crippen LogP contribution in [0.2, 0.25) is 0 Å². The molecule has 0 bridgehead atoms. The zero-order valence-electron chi connectivity index (χ0n) is 11.1. The Kier molecular flexibility index (Phi) is 4.33. The molecule has 0 saturated heterocycles. The molecule has 0 spiro atoms. The fourth-order valence-corrected chi connectivity index (χ4v) is 2.36. The van der Waals surface area contributed by atoms with Crippen molar-refractivity contribution in [2.24, 2.45) is 0 Å². The Bertz CT molecular complexity index is 520. The summed E-state index contributed by atoms with van der Waals surface area (Å²) in [7, 11) is 0. The largest absolute Gasteiger partial charge is 0.373 e. The van der Waals surface area contributed by atoms with E-state index in [4.69, 9.17) is 0 Å². The van der Waals surface area contributed by atoms with E-state index in [2.05, 4.69) is 16.7 Å². The molecule has 1 aliphatic rings. The van der Waals surface area contributed by atoms with Crippen LogP contribution < -0.4 is 10.6 Å². The molecule has 2 rings (SSSR count). The van der Waals surface area contributed by atoms with Crippen molar-refractivity contribution in [1.82, 2.24) is 5.32 Å². The average molecular weight is 275 g/mol. The molecule has 1 fully saturated rings. The van der Waals surface area contributed by atoms with Crippen molar-refractivity contribution in [3.63, 3.8) is 0 Å². The lowest BCUT2D eigenvalue weighted by atomic mass is 10.1. The van der Waals surface area contributed by atoms with Crippen LogP contribution in [0, 0.1) is 11.3 Å². The zero-order chi connectivity index (χ0) is 13.8. The number of carbonyl (C=O) groups is 1. The molecular weight excluding hydrogens is 258 g/mol. The molecular formula is C14H17N3OS. The quantitative estimate of drug-likeness (QED) is 0.810. The van der Waals surface area contributed by atoms with Gasteiger partial charge in [-0.15, -0.1) is 11.8 Å². The van der Waals surface area contributed by atoms with Gasteiger partial charge in [0.25, 0.3) is 0 Å². The van der Waals surface area contributed by atoms with E-state index in [1.54, 1.807) is 0 Å². The molecule has 1 saturated carbocycles. The van der Waals surface area contributed by atoms with Crippen LogP contribution in [-0.2, 0) is 4.79 Å². The van der Waals surface area contributed by atoms with Gasteiger partial charge in [-0.2, -0.15) is 5.26 Å². The summed E-state index contributed by atoms with van der Waals surface area (Å²) >= 11 is 1.53. The van der Waals surface area contributed by atoms with Gasteiger partial charge in [0.05, 0.1) is 11.3 Å². The van der Waals surface area contributed by atoms with Crippen LogP contribution in [0.1, 0.15) is 25.3 Å². The standard InChI is InChI=1S/C14H17N3OS/c1-9(14(18)17-10-6-7-10)16-12-4-3-5-13(19-2)11(12)8-15/h3-5,9-10,16H,6-7H2,1-2H3,(H,17,18). The van der Waals surface area contributed by atoms with Crippen LogP contribution in [0.25, 0.3) is 0 Å². The first-order chi connectivity index (χ1) is 9.15. The van der Waals surface area contributed by atoms with Gasteiger partial charge < -0.3 is 10.6 Å². The predicted molar refractivity (Wildman–Crippen MR) is 77.2 cm³/mol. The second-order valence-electron chi connectivity index (χ2n) is 4.64. The smallest absolute Gasteiger partial charge is 0.242 e. The van der Waals surface area contributed by atoms with Crippen LogP contribution >= 0.6 is 11.8 Å². The molecule has 1 unspecified atom stereocenters. The summed E-state index contributed by atoms with van der Waals surface area (Å²) in [6.45, 7) is 1.81. The fraction of sp³-hybridized carbons (Fsp3) is 0.429. The minimum atomic E-state index is -0.343.